The van der Waals surface area contributed by atoms with Gasteiger partial charge >= 0.3 is 0 Å². The normalized spacial score (nSPS) is 24.8. The Bertz CT molecular complexity index is 743. The molecule has 2 aromatic carbocycles. The van der Waals surface area contributed by atoms with Crippen LogP contribution in [0.25, 0.3) is 0 Å². The molecular formula is C21H34OSi4. The van der Waals surface area contributed by atoms with Gasteiger partial charge in [-0.05, 0) is 24.2 Å². The summed E-state index contributed by atoms with van der Waals surface area (Å²) in [4.78, 5) is 0. The number of rotatable bonds is 2. The topological polar surface area (TPSA) is 9.23 Å². The Hall–Kier alpha value is -0.732. The van der Waals surface area contributed by atoms with Crippen molar-refractivity contribution in [1.29, 1.82) is 0 Å². The smallest absolute Gasteiger partial charge is 0.172 e. The average Bonchev–Trinajstić information content (AvgIpc) is 2.59. The molecule has 0 N–H and O–H groups in total. The van der Waals surface area contributed by atoms with Gasteiger partial charge in [0.05, 0.1) is 19.9 Å². The van der Waals surface area contributed by atoms with Gasteiger partial charge in [-0.3, -0.25) is 0 Å². The van der Waals surface area contributed by atoms with E-state index in [2.05, 4.69) is 113 Å². The summed E-state index contributed by atoms with van der Waals surface area (Å²) in [6, 6.07) is 22.3. The Kier molecular flexibility index (Phi) is 4.72. The summed E-state index contributed by atoms with van der Waals surface area (Å²) in [5.41, 5.74) is 2.77. The van der Waals surface area contributed by atoms with E-state index in [0.717, 1.165) is 0 Å². The fourth-order valence-electron chi connectivity index (χ4n) is 4.96. The molecule has 0 bridgehead atoms. The van der Waals surface area contributed by atoms with Gasteiger partial charge in [-0.1, -0.05) is 99.9 Å². The third kappa shape index (κ3) is 2.40. The predicted molar refractivity (Wildman–Crippen MR) is 125 cm³/mol. The van der Waals surface area contributed by atoms with E-state index in [-0.39, 0.29) is 5.22 Å². The van der Waals surface area contributed by atoms with Crippen molar-refractivity contribution < 1.29 is 4.43 Å². The molecule has 5 heteroatoms. The van der Waals surface area contributed by atoms with Crippen molar-refractivity contribution in [3.05, 3.63) is 71.8 Å². The summed E-state index contributed by atoms with van der Waals surface area (Å²) in [7, 11) is -6.48. The van der Waals surface area contributed by atoms with Gasteiger partial charge in [-0.25, -0.2) is 0 Å². The zero-order valence-electron chi connectivity index (χ0n) is 17.7. The van der Waals surface area contributed by atoms with Crippen LogP contribution in [0.2, 0.25) is 52.4 Å². The van der Waals surface area contributed by atoms with E-state index in [1.165, 1.54) is 11.1 Å². The minimum atomic E-state index is -1.81. The second-order valence-corrected chi connectivity index (χ2v) is 48.9. The van der Waals surface area contributed by atoms with Gasteiger partial charge in [0.2, 0.25) is 0 Å². The first-order chi connectivity index (χ1) is 11.9. The second kappa shape index (κ2) is 6.14. The van der Waals surface area contributed by atoms with Gasteiger partial charge in [0.25, 0.3) is 0 Å². The summed E-state index contributed by atoms with van der Waals surface area (Å²) < 4.78 is 7.50. The van der Waals surface area contributed by atoms with E-state index < -0.39 is 29.6 Å². The molecule has 2 aromatic rings. The predicted octanol–water partition coefficient (Wildman–Crippen LogP) is 6.07. The van der Waals surface area contributed by atoms with Crippen LogP contribution in [0.1, 0.15) is 11.1 Å². The molecule has 0 unspecified atom stereocenters. The van der Waals surface area contributed by atoms with Crippen LogP contribution < -0.4 is 0 Å². The minimum Gasteiger partial charge on any atom is -0.410 e. The highest BCUT2D eigenvalue weighted by Crippen LogP contribution is 2.55. The van der Waals surface area contributed by atoms with Crippen LogP contribution in [0.15, 0.2) is 60.7 Å². The standard InChI is InChI=1S/C21H34OSi4/c1-23(2)21(19-15-11-9-12-16-19,20-17-13-10-14-18-20)22-24(3,4)26(7,8)25(23,5)6/h9-18H,1-8H3. The van der Waals surface area contributed by atoms with Crippen LogP contribution in [0.5, 0.6) is 0 Å². The van der Waals surface area contributed by atoms with Crippen LogP contribution in [0.3, 0.4) is 0 Å². The highest BCUT2D eigenvalue weighted by Gasteiger charge is 2.72. The van der Waals surface area contributed by atoms with Crippen molar-refractivity contribution in [3.8, 4) is 0 Å². The monoisotopic (exact) mass is 414 g/mol. The van der Waals surface area contributed by atoms with Crippen molar-refractivity contribution in [2.24, 2.45) is 0 Å². The molecule has 3 rings (SSSR count). The van der Waals surface area contributed by atoms with E-state index in [9.17, 15) is 0 Å². The van der Waals surface area contributed by atoms with Crippen molar-refractivity contribution in [3.63, 3.8) is 0 Å². The largest absolute Gasteiger partial charge is 0.410 e. The maximum atomic E-state index is 7.50. The summed E-state index contributed by atoms with van der Waals surface area (Å²) >= 11 is 0. The SMILES string of the molecule is C[Si]1(C)OC(c2ccccc2)(c2ccccc2)[Si](C)(C)[Si](C)(C)[Si]1(C)C. The Morgan fingerprint density at radius 2 is 0.962 bits per heavy atom. The molecule has 1 fully saturated rings. The molecule has 1 aliphatic rings. The lowest BCUT2D eigenvalue weighted by molar-refractivity contribution is 0.185. The van der Waals surface area contributed by atoms with Crippen molar-refractivity contribution in [2.45, 2.75) is 57.6 Å². The maximum Gasteiger partial charge on any atom is 0.172 e. The van der Waals surface area contributed by atoms with Crippen LogP contribution in [0.4, 0.5) is 0 Å². The van der Waals surface area contributed by atoms with Gasteiger partial charge in [0.1, 0.15) is 0 Å². The van der Waals surface area contributed by atoms with Crippen molar-refractivity contribution in [1.82, 2.24) is 0 Å². The Labute approximate surface area is 163 Å². The zero-order chi connectivity index (χ0) is 19.4. The molecule has 1 aliphatic heterocycles. The molecule has 0 atom stereocenters. The third-order valence-electron chi connectivity index (χ3n) is 8.28. The Morgan fingerprint density at radius 3 is 1.35 bits per heavy atom. The summed E-state index contributed by atoms with van der Waals surface area (Å²) in [5.74, 6) is 0. The average molecular weight is 415 g/mol. The fourth-order valence-corrected chi connectivity index (χ4v) is 74.6. The molecule has 0 spiro atoms. The first-order valence-electron chi connectivity index (χ1n) is 9.73. The first-order valence-corrected chi connectivity index (χ1v) is 24.6. The Morgan fingerprint density at radius 1 is 0.577 bits per heavy atom. The van der Waals surface area contributed by atoms with E-state index >= 15 is 0 Å². The molecular weight excluding hydrogens is 381 g/mol. The number of benzene rings is 2. The molecule has 140 valence electrons. The third-order valence-corrected chi connectivity index (χ3v) is 74.7. The molecule has 26 heavy (non-hydrogen) atoms. The molecule has 1 heterocycles. The highest BCUT2D eigenvalue weighted by molar-refractivity contribution is 7.83. The molecule has 0 amide bonds. The van der Waals surface area contributed by atoms with E-state index in [4.69, 9.17) is 4.43 Å². The van der Waals surface area contributed by atoms with Crippen molar-refractivity contribution >= 4 is 29.6 Å². The van der Waals surface area contributed by atoms with Gasteiger partial charge < -0.3 is 4.43 Å². The Balaban J connectivity index is 2.41. The van der Waals surface area contributed by atoms with Gasteiger partial charge in [0.15, 0.2) is 7.83 Å². The van der Waals surface area contributed by atoms with Crippen LogP contribution in [-0.2, 0) is 9.65 Å². The van der Waals surface area contributed by atoms with E-state index in [0.29, 0.717) is 0 Å². The lowest BCUT2D eigenvalue weighted by Gasteiger charge is -2.67. The van der Waals surface area contributed by atoms with Gasteiger partial charge in [-0.15, -0.1) is 0 Å². The zero-order valence-corrected chi connectivity index (χ0v) is 21.7. The van der Waals surface area contributed by atoms with Gasteiger partial charge in [0, 0.05) is 7.11 Å². The van der Waals surface area contributed by atoms with Crippen LogP contribution >= 0.6 is 0 Å². The lowest BCUT2D eigenvalue weighted by atomic mass is 10.0. The summed E-state index contributed by atoms with van der Waals surface area (Å²) in [5, 5.41) is -0.219. The molecule has 0 aromatic heterocycles. The lowest BCUT2D eigenvalue weighted by Crippen LogP contribution is -2.90. The van der Waals surface area contributed by atoms with E-state index in [1.807, 2.05) is 0 Å². The molecule has 0 radical (unpaired) electrons. The van der Waals surface area contributed by atoms with E-state index in [1.54, 1.807) is 0 Å². The number of hydrogen-bond acceptors (Lipinski definition) is 1. The molecule has 1 nitrogen and oxygen atoms in total. The highest BCUT2D eigenvalue weighted by atomic mass is 29.8. The second-order valence-electron chi connectivity index (χ2n) is 9.90. The quantitative estimate of drug-likeness (QED) is 0.542. The molecule has 1 saturated heterocycles. The van der Waals surface area contributed by atoms with Crippen LogP contribution in [0, 0.1) is 0 Å². The summed E-state index contributed by atoms with van der Waals surface area (Å²) in [6.07, 6.45) is 0. The maximum absolute atomic E-state index is 7.50. The minimum absolute atomic E-state index is 0.219. The van der Waals surface area contributed by atoms with Gasteiger partial charge in [-0.2, -0.15) is 0 Å². The number of hydrogen-bond donors (Lipinski definition) is 0. The fraction of sp³-hybridized carbons (Fsp3) is 0.429. The first kappa shape index (κ1) is 20.0. The summed E-state index contributed by atoms with van der Waals surface area (Å²) in [6.45, 7) is 21.0. The van der Waals surface area contributed by atoms with Crippen LogP contribution in [-0.4, -0.2) is 29.6 Å². The molecule has 0 aliphatic carbocycles. The van der Waals surface area contributed by atoms with Crippen molar-refractivity contribution in [2.75, 3.05) is 0 Å². The molecule has 0 saturated carbocycles.